The molecule has 27 heavy (non-hydrogen) atoms. The first kappa shape index (κ1) is 20.6. The number of carbonyl (C=O) groups is 2. The lowest BCUT2D eigenvalue weighted by Gasteiger charge is -2.20. The number of likely N-dealkylation sites (N-methyl/N-ethyl adjacent to an activating group) is 1. The van der Waals surface area contributed by atoms with Crippen molar-refractivity contribution in [1.29, 1.82) is 0 Å². The van der Waals surface area contributed by atoms with Crippen molar-refractivity contribution in [3.8, 4) is 0 Å². The third kappa shape index (κ3) is 5.91. The van der Waals surface area contributed by atoms with Gasteiger partial charge in [-0.25, -0.2) is 5.01 Å². The van der Waals surface area contributed by atoms with Crippen molar-refractivity contribution in [2.75, 3.05) is 25.5 Å². The van der Waals surface area contributed by atoms with Gasteiger partial charge in [-0.05, 0) is 36.4 Å². The van der Waals surface area contributed by atoms with Gasteiger partial charge in [-0.2, -0.15) is 5.10 Å². The smallest absolute Gasteiger partial charge is 0.248 e. The number of halogens is 2. The van der Waals surface area contributed by atoms with Gasteiger partial charge < -0.3 is 4.90 Å². The number of benzene rings is 2. The van der Waals surface area contributed by atoms with Crippen LogP contribution < -0.4 is 4.90 Å². The van der Waals surface area contributed by atoms with E-state index in [0.29, 0.717) is 27.9 Å². The molecule has 0 heterocycles. The quantitative estimate of drug-likeness (QED) is 0.402. The van der Waals surface area contributed by atoms with E-state index in [4.69, 9.17) is 23.2 Å². The molecule has 6 nitrogen and oxygen atoms in total. The zero-order chi connectivity index (χ0) is 19.8. The molecule has 0 aliphatic carbocycles. The van der Waals surface area contributed by atoms with Crippen LogP contribution >= 0.6 is 23.2 Å². The van der Waals surface area contributed by atoms with Crippen molar-refractivity contribution in [1.82, 2.24) is 5.01 Å². The highest BCUT2D eigenvalue weighted by Gasteiger charge is 2.15. The fraction of sp³-hybridized carbons (Fsp3) is 0.158. The number of amides is 2. The Labute approximate surface area is 167 Å². The van der Waals surface area contributed by atoms with Crippen LogP contribution in [0.5, 0.6) is 0 Å². The molecule has 0 aliphatic heterocycles. The normalized spacial score (nSPS) is 11.5. The molecule has 0 radical (unpaired) electrons. The number of rotatable bonds is 7. The van der Waals surface area contributed by atoms with Gasteiger partial charge in [-0.1, -0.05) is 35.3 Å². The summed E-state index contributed by atoms with van der Waals surface area (Å²) in [5, 5.41) is 6.42. The van der Waals surface area contributed by atoms with Crippen LogP contribution in [0.1, 0.15) is 5.56 Å². The van der Waals surface area contributed by atoms with Crippen LogP contribution in [0, 0.1) is 0 Å². The van der Waals surface area contributed by atoms with Crippen molar-refractivity contribution in [2.24, 2.45) is 10.1 Å². The lowest BCUT2D eigenvalue weighted by Crippen LogP contribution is -2.36. The number of nitrogens with zero attached hydrogens (tertiary/aromatic N) is 4. The minimum atomic E-state index is -0.308. The number of hydrogen-bond donors (Lipinski definition) is 0. The topological polar surface area (TPSA) is 65.3 Å². The van der Waals surface area contributed by atoms with Crippen molar-refractivity contribution in [3.63, 3.8) is 0 Å². The summed E-state index contributed by atoms with van der Waals surface area (Å²) in [7, 11) is 3.21. The van der Waals surface area contributed by atoms with Gasteiger partial charge in [0.25, 0.3) is 0 Å². The molecule has 0 saturated carbocycles. The molecule has 0 aliphatic rings. The van der Waals surface area contributed by atoms with Gasteiger partial charge in [0.1, 0.15) is 12.3 Å². The summed E-state index contributed by atoms with van der Waals surface area (Å²) >= 11 is 11.8. The van der Waals surface area contributed by atoms with Gasteiger partial charge in [-0.3, -0.25) is 14.6 Å². The van der Waals surface area contributed by atoms with Crippen molar-refractivity contribution >= 4 is 53.1 Å². The Balaban J connectivity index is 2.19. The minimum Gasteiger partial charge on any atom is -0.314 e. The van der Waals surface area contributed by atoms with Gasteiger partial charge in [0, 0.05) is 41.6 Å². The first-order chi connectivity index (χ1) is 12.9. The third-order valence-electron chi connectivity index (χ3n) is 3.63. The van der Waals surface area contributed by atoms with Gasteiger partial charge in [0.2, 0.25) is 12.3 Å². The zero-order valence-electron chi connectivity index (χ0n) is 14.8. The Kier molecular flexibility index (Phi) is 7.52. The summed E-state index contributed by atoms with van der Waals surface area (Å²) in [6.45, 7) is -0.225. The van der Waals surface area contributed by atoms with Crippen molar-refractivity contribution in [2.45, 2.75) is 0 Å². The van der Waals surface area contributed by atoms with E-state index in [1.54, 1.807) is 62.6 Å². The molecule has 0 unspecified atom stereocenters. The first-order valence-corrected chi connectivity index (χ1v) is 8.71. The van der Waals surface area contributed by atoms with Gasteiger partial charge >= 0.3 is 0 Å². The van der Waals surface area contributed by atoms with Crippen molar-refractivity contribution in [3.05, 3.63) is 64.1 Å². The molecule has 0 fully saturated rings. The number of hydrazone groups is 1. The fourth-order valence-electron chi connectivity index (χ4n) is 2.19. The van der Waals surface area contributed by atoms with Gasteiger partial charge in [-0.15, -0.1) is 0 Å². The molecule has 2 rings (SSSR count). The standard InChI is InChI=1S/C19H18Cl2N4O2/c1-22-11-18(14-3-5-15(20)6-4-14)23-25(13-26)12-19(27)24(2)17-9-7-16(21)8-10-17/h3-11,13H,12H2,1-2H3/b22-11?,23-18+. The SMILES string of the molecule is CN=C/C(=N\N(C=O)CC(=O)N(C)c1ccc(Cl)cc1)c1ccc(Cl)cc1. The molecule has 0 N–H and O–H groups in total. The fourth-order valence-corrected chi connectivity index (χ4v) is 2.44. The average molecular weight is 405 g/mol. The van der Waals surface area contributed by atoms with Crippen LogP contribution in [-0.4, -0.2) is 49.9 Å². The molecule has 0 bridgehead atoms. The van der Waals surface area contributed by atoms with Crippen LogP contribution in [0.4, 0.5) is 5.69 Å². The summed E-state index contributed by atoms with van der Waals surface area (Å²) in [4.78, 5) is 29.3. The first-order valence-electron chi connectivity index (χ1n) is 7.95. The van der Waals surface area contributed by atoms with Gasteiger partial charge in [0.15, 0.2) is 0 Å². The summed E-state index contributed by atoms with van der Waals surface area (Å²) in [6.07, 6.45) is 2.00. The maximum atomic E-state index is 12.5. The Morgan fingerprint density at radius 1 is 1.04 bits per heavy atom. The van der Waals surface area contributed by atoms with E-state index in [0.717, 1.165) is 10.6 Å². The predicted molar refractivity (Wildman–Crippen MR) is 110 cm³/mol. The zero-order valence-corrected chi connectivity index (χ0v) is 16.4. The maximum absolute atomic E-state index is 12.5. The number of anilines is 1. The van der Waals surface area contributed by atoms with E-state index in [2.05, 4.69) is 10.1 Å². The Bertz CT molecular complexity index is 849. The van der Waals surface area contributed by atoms with E-state index < -0.39 is 0 Å². The Morgan fingerprint density at radius 2 is 1.59 bits per heavy atom. The minimum absolute atomic E-state index is 0.225. The molecule has 2 amide bonds. The summed E-state index contributed by atoms with van der Waals surface area (Å²) in [5.41, 5.74) is 1.81. The molecule has 2 aromatic rings. The molecule has 0 atom stereocenters. The second-order valence-corrected chi connectivity index (χ2v) is 6.38. The number of hydrogen-bond acceptors (Lipinski definition) is 4. The van der Waals surface area contributed by atoms with Gasteiger partial charge in [0.05, 0.1) is 0 Å². The van der Waals surface area contributed by atoms with Crippen molar-refractivity contribution < 1.29 is 9.59 Å². The van der Waals surface area contributed by atoms with E-state index in [9.17, 15) is 9.59 Å². The van der Waals surface area contributed by atoms with E-state index in [1.165, 1.54) is 11.1 Å². The summed E-state index contributed by atoms with van der Waals surface area (Å²) in [5.74, 6) is -0.308. The largest absolute Gasteiger partial charge is 0.314 e. The Morgan fingerprint density at radius 3 is 2.11 bits per heavy atom. The number of carbonyl (C=O) groups excluding carboxylic acids is 2. The molecule has 0 aromatic heterocycles. The van der Waals surface area contributed by atoms with E-state index >= 15 is 0 Å². The highest BCUT2D eigenvalue weighted by atomic mass is 35.5. The molecular formula is C19H18Cl2N4O2. The summed E-state index contributed by atoms with van der Waals surface area (Å²) < 4.78 is 0. The Hall–Kier alpha value is -2.70. The second kappa shape index (κ2) is 9.85. The highest BCUT2D eigenvalue weighted by Crippen LogP contribution is 2.17. The monoisotopic (exact) mass is 404 g/mol. The lowest BCUT2D eigenvalue weighted by atomic mass is 10.1. The predicted octanol–water partition coefficient (Wildman–Crippen LogP) is 3.52. The van der Waals surface area contributed by atoms with Crippen LogP contribution in [-0.2, 0) is 9.59 Å². The van der Waals surface area contributed by atoms with E-state index in [1.807, 2.05) is 0 Å². The van der Waals surface area contributed by atoms with Crippen LogP contribution in [0.15, 0.2) is 58.6 Å². The molecule has 2 aromatic carbocycles. The molecular weight excluding hydrogens is 387 g/mol. The lowest BCUT2D eigenvalue weighted by molar-refractivity contribution is -0.126. The molecule has 0 saturated heterocycles. The van der Waals surface area contributed by atoms with E-state index in [-0.39, 0.29) is 12.5 Å². The molecule has 140 valence electrons. The second-order valence-electron chi connectivity index (χ2n) is 5.51. The van der Waals surface area contributed by atoms with Crippen LogP contribution in [0.3, 0.4) is 0 Å². The number of aliphatic imine (C=N–C) groups is 1. The molecule has 0 spiro atoms. The van der Waals surface area contributed by atoms with Crippen LogP contribution in [0.25, 0.3) is 0 Å². The average Bonchev–Trinajstić information content (AvgIpc) is 2.67. The molecule has 8 heteroatoms. The highest BCUT2D eigenvalue weighted by molar-refractivity contribution is 6.38. The van der Waals surface area contributed by atoms with Crippen LogP contribution in [0.2, 0.25) is 10.0 Å². The maximum Gasteiger partial charge on any atom is 0.248 e. The summed E-state index contributed by atoms with van der Waals surface area (Å²) in [6, 6.07) is 13.7. The third-order valence-corrected chi connectivity index (χ3v) is 4.14.